The van der Waals surface area contributed by atoms with E-state index in [4.69, 9.17) is 5.11 Å². The smallest absolute Gasteiger partial charge is 0.336 e. The van der Waals surface area contributed by atoms with Crippen molar-refractivity contribution < 1.29 is 9.90 Å². The van der Waals surface area contributed by atoms with Crippen molar-refractivity contribution in [2.75, 3.05) is 0 Å². The molecule has 0 spiro atoms. The number of hydrogen-bond donors (Lipinski definition) is 1. The Kier molecular flexibility index (Phi) is 2.81. The fourth-order valence-corrected chi connectivity index (χ4v) is 1.85. The van der Waals surface area contributed by atoms with Crippen molar-refractivity contribution in [3.63, 3.8) is 0 Å². The third-order valence-electron chi connectivity index (χ3n) is 2.60. The Morgan fingerprint density at radius 3 is 3.00 bits per heavy atom. The van der Waals surface area contributed by atoms with Crippen LogP contribution >= 0.6 is 0 Å². The largest absolute Gasteiger partial charge is 0.478 e. The van der Waals surface area contributed by atoms with E-state index >= 15 is 0 Å². The second kappa shape index (κ2) is 4.26. The molecule has 1 aliphatic carbocycles. The number of carboxylic acids is 1. The van der Waals surface area contributed by atoms with Gasteiger partial charge in [0.15, 0.2) is 0 Å². The Bertz CT molecular complexity index is 410. The van der Waals surface area contributed by atoms with Gasteiger partial charge < -0.3 is 5.11 Å². The van der Waals surface area contributed by atoms with Crippen molar-refractivity contribution in [3.05, 3.63) is 35.7 Å². The van der Waals surface area contributed by atoms with Gasteiger partial charge in [0.25, 0.3) is 0 Å². The monoisotopic (exact) mass is 202 g/mol. The van der Waals surface area contributed by atoms with Crippen LogP contribution in [0.2, 0.25) is 0 Å². The molecule has 0 saturated heterocycles. The summed E-state index contributed by atoms with van der Waals surface area (Å²) in [6.45, 7) is 0. The Hall–Kier alpha value is -1.64. The first-order valence-corrected chi connectivity index (χ1v) is 5.08. The molecule has 3 heteroatoms. The number of aromatic carboxylic acids is 1. The number of pyridine rings is 1. The second-order valence-electron chi connectivity index (χ2n) is 3.63. The van der Waals surface area contributed by atoms with Crippen molar-refractivity contribution in [2.24, 2.45) is 0 Å². The van der Waals surface area contributed by atoms with Crippen LogP contribution in [-0.2, 0) is 0 Å². The van der Waals surface area contributed by atoms with Gasteiger partial charge in [-0.1, -0.05) is 6.08 Å². The summed E-state index contributed by atoms with van der Waals surface area (Å²) in [5, 5.41) is 9.02. The second-order valence-corrected chi connectivity index (χ2v) is 3.63. The maximum atomic E-state index is 11.0. The summed E-state index contributed by atoms with van der Waals surface area (Å²) >= 11 is 0. The third-order valence-corrected chi connectivity index (χ3v) is 2.60. The van der Waals surface area contributed by atoms with E-state index in [1.807, 2.05) is 0 Å². The van der Waals surface area contributed by atoms with E-state index in [0.717, 1.165) is 24.8 Å². The SMILES string of the molecule is O=C(O)c1ccn[c]c1C1=CCCCC1. The summed E-state index contributed by atoms with van der Waals surface area (Å²) in [5.41, 5.74) is 2.04. The van der Waals surface area contributed by atoms with E-state index in [9.17, 15) is 4.79 Å². The van der Waals surface area contributed by atoms with E-state index < -0.39 is 5.97 Å². The standard InChI is InChI=1S/C12H12NO2/c14-12(15)10-6-7-13-8-11(10)9-4-2-1-3-5-9/h4,6-7H,1-3,5H2,(H,14,15). The van der Waals surface area contributed by atoms with E-state index in [2.05, 4.69) is 17.3 Å². The highest BCUT2D eigenvalue weighted by Crippen LogP contribution is 2.27. The van der Waals surface area contributed by atoms with Gasteiger partial charge in [0, 0.05) is 11.8 Å². The first kappa shape index (κ1) is 9.90. The number of allylic oxidation sites excluding steroid dienone is 2. The lowest BCUT2D eigenvalue weighted by molar-refractivity contribution is 0.0696. The normalized spacial score (nSPS) is 15.9. The summed E-state index contributed by atoms with van der Waals surface area (Å²) in [7, 11) is 0. The lowest BCUT2D eigenvalue weighted by atomic mass is 9.92. The number of aromatic nitrogens is 1. The van der Waals surface area contributed by atoms with Crippen LogP contribution in [0.3, 0.4) is 0 Å². The average Bonchev–Trinajstić information content (AvgIpc) is 2.30. The highest BCUT2D eigenvalue weighted by Gasteiger charge is 2.15. The highest BCUT2D eigenvalue weighted by atomic mass is 16.4. The molecule has 77 valence electrons. The van der Waals surface area contributed by atoms with Gasteiger partial charge in [-0.05, 0) is 37.3 Å². The molecular formula is C12H12NO2. The lowest BCUT2D eigenvalue weighted by Gasteiger charge is -2.13. The Balaban J connectivity index is 2.42. The molecule has 1 aliphatic rings. The molecule has 0 saturated carbocycles. The summed E-state index contributed by atoms with van der Waals surface area (Å²) in [6.07, 6.45) is 10.6. The minimum absolute atomic E-state index is 0.304. The Morgan fingerprint density at radius 2 is 2.33 bits per heavy atom. The van der Waals surface area contributed by atoms with E-state index in [1.165, 1.54) is 18.7 Å². The van der Waals surface area contributed by atoms with Crippen molar-refractivity contribution in [3.8, 4) is 0 Å². The van der Waals surface area contributed by atoms with Gasteiger partial charge in [0.1, 0.15) is 0 Å². The first-order chi connectivity index (χ1) is 7.29. The molecule has 0 amide bonds. The Morgan fingerprint density at radius 1 is 1.47 bits per heavy atom. The van der Waals surface area contributed by atoms with E-state index in [1.54, 1.807) is 0 Å². The average molecular weight is 202 g/mol. The van der Waals surface area contributed by atoms with E-state index in [-0.39, 0.29) is 0 Å². The summed E-state index contributed by atoms with van der Waals surface area (Å²) in [4.78, 5) is 14.9. The number of nitrogens with zero attached hydrogens (tertiary/aromatic N) is 1. The van der Waals surface area contributed by atoms with Crippen LogP contribution in [0.4, 0.5) is 0 Å². The molecular weight excluding hydrogens is 190 g/mol. The molecule has 2 rings (SSSR count). The predicted molar refractivity (Wildman–Crippen MR) is 56.5 cm³/mol. The van der Waals surface area contributed by atoms with Gasteiger partial charge in [0.05, 0.1) is 11.8 Å². The maximum absolute atomic E-state index is 11.0. The van der Waals surface area contributed by atoms with Gasteiger partial charge in [-0.3, -0.25) is 4.98 Å². The summed E-state index contributed by atoms with van der Waals surface area (Å²) in [6, 6.07) is 1.53. The van der Waals surface area contributed by atoms with Crippen LogP contribution in [0.25, 0.3) is 5.57 Å². The molecule has 0 aliphatic heterocycles. The van der Waals surface area contributed by atoms with Crippen LogP contribution in [0, 0.1) is 6.20 Å². The molecule has 0 bridgehead atoms. The van der Waals surface area contributed by atoms with Gasteiger partial charge in [-0.25, -0.2) is 4.79 Å². The van der Waals surface area contributed by atoms with Crippen molar-refractivity contribution in [2.45, 2.75) is 25.7 Å². The third kappa shape index (κ3) is 2.06. The molecule has 1 aromatic rings. The van der Waals surface area contributed by atoms with Crippen LogP contribution in [0.15, 0.2) is 18.3 Å². The van der Waals surface area contributed by atoms with Gasteiger partial charge in [0.2, 0.25) is 0 Å². The maximum Gasteiger partial charge on any atom is 0.336 e. The fraction of sp³-hybridized carbons (Fsp3) is 0.333. The predicted octanol–water partition coefficient (Wildman–Crippen LogP) is 2.54. The molecule has 0 unspecified atom stereocenters. The zero-order valence-electron chi connectivity index (χ0n) is 8.36. The van der Waals surface area contributed by atoms with Crippen LogP contribution in [0.5, 0.6) is 0 Å². The molecule has 15 heavy (non-hydrogen) atoms. The minimum atomic E-state index is -0.907. The van der Waals surface area contributed by atoms with Crippen LogP contribution in [0.1, 0.15) is 41.6 Å². The molecule has 3 nitrogen and oxygen atoms in total. The Labute approximate surface area is 88.5 Å². The quantitative estimate of drug-likeness (QED) is 0.801. The molecule has 0 fully saturated rings. The highest BCUT2D eigenvalue weighted by molar-refractivity contribution is 5.93. The zero-order valence-corrected chi connectivity index (χ0v) is 8.36. The topological polar surface area (TPSA) is 50.2 Å². The van der Waals surface area contributed by atoms with Gasteiger partial charge in [-0.2, -0.15) is 0 Å². The molecule has 1 aromatic heterocycles. The zero-order chi connectivity index (χ0) is 10.7. The summed E-state index contributed by atoms with van der Waals surface area (Å²) in [5.74, 6) is -0.907. The van der Waals surface area contributed by atoms with Crippen LogP contribution < -0.4 is 0 Å². The van der Waals surface area contributed by atoms with Crippen molar-refractivity contribution in [1.29, 1.82) is 0 Å². The molecule has 0 aromatic carbocycles. The number of hydrogen-bond acceptors (Lipinski definition) is 2. The lowest BCUT2D eigenvalue weighted by Crippen LogP contribution is -2.04. The van der Waals surface area contributed by atoms with Gasteiger partial charge in [-0.15, -0.1) is 0 Å². The molecule has 1 heterocycles. The number of carboxylic acid groups (broad SMARTS) is 1. The van der Waals surface area contributed by atoms with Crippen molar-refractivity contribution >= 4 is 11.5 Å². The number of carbonyl (C=O) groups is 1. The molecule has 1 radical (unpaired) electrons. The first-order valence-electron chi connectivity index (χ1n) is 5.08. The summed E-state index contributed by atoms with van der Waals surface area (Å²) < 4.78 is 0. The molecule has 0 atom stereocenters. The van der Waals surface area contributed by atoms with E-state index in [0.29, 0.717) is 11.1 Å². The van der Waals surface area contributed by atoms with Crippen molar-refractivity contribution in [1.82, 2.24) is 4.98 Å². The minimum Gasteiger partial charge on any atom is -0.478 e. The molecule has 1 N–H and O–H groups in total. The number of rotatable bonds is 2. The fourth-order valence-electron chi connectivity index (χ4n) is 1.85. The van der Waals surface area contributed by atoms with Crippen LogP contribution in [-0.4, -0.2) is 16.1 Å². The van der Waals surface area contributed by atoms with Gasteiger partial charge >= 0.3 is 5.97 Å².